The molecule has 2 atom stereocenters. The third kappa shape index (κ3) is 3.11. The number of rotatable bonds is 4. The van der Waals surface area contributed by atoms with Crippen LogP contribution in [0.4, 0.5) is 0 Å². The third-order valence-electron chi connectivity index (χ3n) is 2.08. The van der Waals surface area contributed by atoms with Crippen LogP contribution in [0.15, 0.2) is 24.2 Å². The van der Waals surface area contributed by atoms with Crippen molar-refractivity contribution in [3.05, 3.63) is 24.2 Å². The summed E-state index contributed by atoms with van der Waals surface area (Å²) in [5, 5.41) is 8.88. The maximum atomic E-state index is 8.88. The van der Waals surface area contributed by atoms with Gasteiger partial charge in [-0.2, -0.15) is 0 Å². The Balaban J connectivity index is 2.38. The molecule has 0 saturated heterocycles. The van der Waals surface area contributed by atoms with Crippen molar-refractivity contribution in [2.24, 2.45) is 5.92 Å². The predicted molar refractivity (Wildman–Crippen MR) is 50.0 cm³/mol. The highest BCUT2D eigenvalue weighted by Crippen LogP contribution is 2.13. The second kappa shape index (κ2) is 4.92. The lowest BCUT2D eigenvalue weighted by Gasteiger charge is -2.21. The van der Waals surface area contributed by atoms with E-state index in [2.05, 4.69) is 0 Å². The largest absolute Gasteiger partial charge is 0.462 e. The van der Waals surface area contributed by atoms with Crippen LogP contribution in [0, 0.1) is 5.92 Å². The Bertz CT molecular complexity index is 208. The Morgan fingerprint density at radius 2 is 2.38 bits per heavy atom. The van der Waals surface area contributed by atoms with Crippen molar-refractivity contribution >= 4 is 0 Å². The SMILES string of the molecule is CC(CO)[C@H](C)OC1=CC=CCO1. The van der Waals surface area contributed by atoms with Gasteiger partial charge in [-0.1, -0.05) is 13.0 Å². The number of aliphatic hydroxyl groups excluding tert-OH is 1. The standard InChI is InChI=1S/C10H16O3/c1-8(7-11)9(2)13-10-5-3-4-6-12-10/h3-5,8-9,11H,6-7H2,1-2H3/t8?,9-/m0/s1. The summed E-state index contributed by atoms with van der Waals surface area (Å²) in [5.41, 5.74) is 0. The lowest BCUT2D eigenvalue weighted by atomic mass is 10.1. The molecular formula is C10H16O3. The molecule has 1 heterocycles. The number of hydrogen-bond donors (Lipinski definition) is 1. The van der Waals surface area contributed by atoms with Gasteiger partial charge in [0.1, 0.15) is 12.7 Å². The highest BCUT2D eigenvalue weighted by molar-refractivity contribution is 5.07. The van der Waals surface area contributed by atoms with Gasteiger partial charge in [0, 0.05) is 18.6 Å². The van der Waals surface area contributed by atoms with Crippen LogP contribution in [-0.4, -0.2) is 24.4 Å². The van der Waals surface area contributed by atoms with Crippen molar-refractivity contribution in [2.75, 3.05) is 13.2 Å². The summed E-state index contributed by atoms with van der Waals surface area (Å²) in [7, 11) is 0. The van der Waals surface area contributed by atoms with Crippen molar-refractivity contribution in [3.63, 3.8) is 0 Å². The van der Waals surface area contributed by atoms with Crippen molar-refractivity contribution in [1.29, 1.82) is 0 Å². The molecule has 1 rings (SSSR count). The fourth-order valence-electron chi connectivity index (χ4n) is 0.902. The topological polar surface area (TPSA) is 38.7 Å². The Morgan fingerprint density at radius 1 is 1.62 bits per heavy atom. The average Bonchev–Trinajstić information content (AvgIpc) is 2.18. The smallest absolute Gasteiger partial charge is 0.279 e. The second-order valence-electron chi connectivity index (χ2n) is 3.21. The summed E-state index contributed by atoms with van der Waals surface area (Å²) in [4.78, 5) is 0. The summed E-state index contributed by atoms with van der Waals surface area (Å²) < 4.78 is 10.7. The van der Waals surface area contributed by atoms with E-state index in [1.165, 1.54) is 0 Å². The molecule has 3 heteroatoms. The molecule has 0 aliphatic carbocycles. The molecule has 1 aliphatic rings. The minimum absolute atomic E-state index is 0.0252. The zero-order valence-electron chi connectivity index (χ0n) is 8.06. The van der Waals surface area contributed by atoms with Gasteiger partial charge < -0.3 is 14.6 Å². The Morgan fingerprint density at radius 3 is 2.92 bits per heavy atom. The number of hydrogen-bond acceptors (Lipinski definition) is 3. The van der Waals surface area contributed by atoms with E-state index < -0.39 is 0 Å². The van der Waals surface area contributed by atoms with Gasteiger partial charge in [0.15, 0.2) is 0 Å². The summed E-state index contributed by atoms with van der Waals surface area (Å²) in [6.07, 6.45) is 5.56. The van der Waals surface area contributed by atoms with Crippen molar-refractivity contribution in [1.82, 2.24) is 0 Å². The maximum absolute atomic E-state index is 8.88. The van der Waals surface area contributed by atoms with Gasteiger partial charge >= 0.3 is 0 Å². The van der Waals surface area contributed by atoms with Gasteiger partial charge in [0.2, 0.25) is 0 Å². The first kappa shape index (κ1) is 10.1. The van der Waals surface area contributed by atoms with E-state index in [9.17, 15) is 0 Å². The first-order valence-electron chi connectivity index (χ1n) is 4.51. The summed E-state index contributed by atoms with van der Waals surface area (Å²) in [6, 6.07) is 0. The number of aliphatic hydroxyl groups is 1. The Kier molecular flexibility index (Phi) is 3.83. The first-order chi connectivity index (χ1) is 6.24. The van der Waals surface area contributed by atoms with Crippen LogP contribution in [0.5, 0.6) is 0 Å². The van der Waals surface area contributed by atoms with Crippen LogP contribution < -0.4 is 0 Å². The molecule has 0 saturated carbocycles. The second-order valence-corrected chi connectivity index (χ2v) is 3.21. The van der Waals surface area contributed by atoms with Crippen LogP contribution in [0.25, 0.3) is 0 Å². The molecule has 74 valence electrons. The first-order valence-corrected chi connectivity index (χ1v) is 4.51. The highest BCUT2D eigenvalue weighted by Gasteiger charge is 2.14. The monoisotopic (exact) mass is 184 g/mol. The van der Waals surface area contributed by atoms with Crippen LogP contribution >= 0.6 is 0 Å². The molecule has 0 radical (unpaired) electrons. The van der Waals surface area contributed by atoms with Crippen molar-refractivity contribution in [2.45, 2.75) is 20.0 Å². The van der Waals surface area contributed by atoms with Gasteiger partial charge in [-0.15, -0.1) is 0 Å². The van der Waals surface area contributed by atoms with Gasteiger partial charge in [-0.25, -0.2) is 0 Å². The zero-order chi connectivity index (χ0) is 9.68. The Hall–Kier alpha value is -0.960. The quantitative estimate of drug-likeness (QED) is 0.718. The van der Waals surface area contributed by atoms with Crippen LogP contribution in [-0.2, 0) is 9.47 Å². The zero-order valence-corrected chi connectivity index (χ0v) is 8.06. The molecule has 0 fully saturated rings. The maximum Gasteiger partial charge on any atom is 0.279 e. The van der Waals surface area contributed by atoms with E-state index in [0.29, 0.717) is 12.6 Å². The van der Waals surface area contributed by atoms with Gasteiger partial charge in [0.05, 0.1) is 0 Å². The van der Waals surface area contributed by atoms with E-state index in [-0.39, 0.29) is 18.6 Å². The molecule has 13 heavy (non-hydrogen) atoms. The third-order valence-corrected chi connectivity index (χ3v) is 2.08. The molecular weight excluding hydrogens is 168 g/mol. The van der Waals surface area contributed by atoms with Crippen LogP contribution in [0.2, 0.25) is 0 Å². The van der Waals surface area contributed by atoms with Gasteiger partial charge in [-0.3, -0.25) is 0 Å². The lowest BCUT2D eigenvalue weighted by Crippen LogP contribution is -2.22. The van der Waals surface area contributed by atoms with E-state index in [1.807, 2.05) is 26.0 Å². The average molecular weight is 184 g/mol. The summed E-state index contributed by atoms with van der Waals surface area (Å²) in [6.45, 7) is 4.55. The molecule has 1 N–H and O–H groups in total. The molecule has 1 unspecified atom stereocenters. The van der Waals surface area contributed by atoms with Gasteiger partial charge in [0.25, 0.3) is 5.95 Å². The molecule has 0 spiro atoms. The van der Waals surface area contributed by atoms with Crippen molar-refractivity contribution in [3.8, 4) is 0 Å². The lowest BCUT2D eigenvalue weighted by molar-refractivity contribution is -0.0246. The predicted octanol–water partition coefficient (Wildman–Crippen LogP) is 1.45. The molecule has 0 amide bonds. The fraction of sp³-hybridized carbons (Fsp3) is 0.600. The minimum Gasteiger partial charge on any atom is -0.462 e. The molecule has 0 aromatic rings. The molecule has 0 aromatic heterocycles. The summed E-state index contributed by atoms with van der Waals surface area (Å²) >= 11 is 0. The minimum atomic E-state index is -0.0252. The Labute approximate surface area is 78.7 Å². The van der Waals surface area contributed by atoms with Crippen LogP contribution in [0.1, 0.15) is 13.8 Å². The van der Waals surface area contributed by atoms with E-state index in [1.54, 1.807) is 6.08 Å². The van der Waals surface area contributed by atoms with Crippen LogP contribution in [0.3, 0.4) is 0 Å². The fourth-order valence-corrected chi connectivity index (χ4v) is 0.902. The normalized spacial score (nSPS) is 20.1. The molecule has 0 bridgehead atoms. The van der Waals surface area contributed by atoms with Gasteiger partial charge in [-0.05, 0) is 13.0 Å². The van der Waals surface area contributed by atoms with E-state index in [4.69, 9.17) is 14.6 Å². The molecule has 1 aliphatic heterocycles. The van der Waals surface area contributed by atoms with E-state index >= 15 is 0 Å². The van der Waals surface area contributed by atoms with Crippen molar-refractivity contribution < 1.29 is 14.6 Å². The number of allylic oxidation sites excluding steroid dienone is 2. The highest BCUT2D eigenvalue weighted by atomic mass is 16.7. The molecule has 0 aromatic carbocycles. The summed E-state index contributed by atoms with van der Waals surface area (Å²) in [5.74, 6) is 0.658. The molecule has 3 nitrogen and oxygen atoms in total. The van der Waals surface area contributed by atoms with E-state index in [0.717, 1.165) is 0 Å². The number of ether oxygens (including phenoxy) is 2.